The molecule has 8 heteroatoms. The van der Waals surface area contributed by atoms with Gasteiger partial charge in [0.25, 0.3) is 5.91 Å². The maximum atomic E-state index is 13.1. The van der Waals surface area contributed by atoms with Crippen LogP contribution in [-0.2, 0) is 9.59 Å². The number of aryl methyl sites for hydroxylation is 1. The number of carbonyl (C=O) groups is 2. The summed E-state index contributed by atoms with van der Waals surface area (Å²) in [7, 11) is 0. The number of carbonyl (C=O) groups excluding carboxylic acids is 2. The molecule has 2 amide bonds. The van der Waals surface area contributed by atoms with Gasteiger partial charge >= 0.3 is 6.18 Å². The number of hydrogen-bond acceptors (Lipinski definition) is 3. The zero-order chi connectivity index (χ0) is 20.6. The van der Waals surface area contributed by atoms with Crippen molar-refractivity contribution in [2.24, 2.45) is 5.92 Å². The first-order valence-electron chi connectivity index (χ1n) is 8.77. The number of benzene rings is 1. The first kappa shape index (κ1) is 21.2. The predicted octanol–water partition coefficient (Wildman–Crippen LogP) is 3.26. The fraction of sp³-hybridized carbons (Fsp3) is 0.579. The Labute approximate surface area is 156 Å². The van der Waals surface area contributed by atoms with Crippen molar-refractivity contribution in [3.63, 3.8) is 0 Å². The average Bonchev–Trinajstić information content (AvgIpc) is 2.54. The summed E-state index contributed by atoms with van der Waals surface area (Å²) in [5, 5.41) is 12.5. The predicted molar refractivity (Wildman–Crippen MR) is 95.0 cm³/mol. The van der Waals surface area contributed by atoms with Crippen molar-refractivity contribution >= 4 is 17.5 Å². The van der Waals surface area contributed by atoms with Gasteiger partial charge in [0.1, 0.15) is 0 Å². The standard InChI is InChI=1S/C19H25F3N2O3/c1-12-7-9-13(10-8-12)23-15(25)14-6-5-11-24(17(14,2)3)16(26)18(4,27)19(20,21)22/h7-10,14,27H,5-6,11H2,1-4H3,(H,23,25). The molecule has 1 heterocycles. The Morgan fingerprint density at radius 3 is 2.30 bits per heavy atom. The summed E-state index contributed by atoms with van der Waals surface area (Å²) in [4.78, 5) is 26.2. The maximum Gasteiger partial charge on any atom is 0.426 e. The van der Waals surface area contributed by atoms with Gasteiger partial charge in [-0.05, 0) is 52.7 Å². The molecule has 27 heavy (non-hydrogen) atoms. The lowest BCUT2D eigenvalue weighted by Gasteiger charge is -2.49. The molecule has 0 saturated carbocycles. The molecule has 2 N–H and O–H groups in total. The summed E-state index contributed by atoms with van der Waals surface area (Å²) in [5.41, 5.74) is -3.08. The molecule has 0 bridgehead atoms. The van der Waals surface area contributed by atoms with Gasteiger partial charge in [-0.2, -0.15) is 13.2 Å². The van der Waals surface area contributed by atoms with Gasteiger partial charge in [0.15, 0.2) is 0 Å². The summed E-state index contributed by atoms with van der Waals surface area (Å²) >= 11 is 0. The van der Waals surface area contributed by atoms with E-state index in [1.165, 1.54) is 0 Å². The molecule has 0 radical (unpaired) electrons. The maximum absolute atomic E-state index is 13.1. The van der Waals surface area contributed by atoms with E-state index in [0.29, 0.717) is 25.5 Å². The molecule has 0 aliphatic carbocycles. The number of anilines is 1. The topological polar surface area (TPSA) is 69.6 Å². The van der Waals surface area contributed by atoms with Gasteiger partial charge in [0, 0.05) is 17.8 Å². The number of halogens is 3. The highest BCUT2D eigenvalue weighted by Crippen LogP contribution is 2.39. The highest BCUT2D eigenvalue weighted by atomic mass is 19.4. The lowest BCUT2D eigenvalue weighted by molar-refractivity contribution is -0.253. The molecule has 2 unspecified atom stereocenters. The summed E-state index contributed by atoms with van der Waals surface area (Å²) < 4.78 is 39.3. The minimum Gasteiger partial charge on any atom is -0.373 e. The fourth-order valence-corrected chi connectivity index (χ4v) is 3.35. The normalized spacial score (nSPS) is 22.1. The molecule has 5 nitrogen and oxygen atoms in total. The zero-order valence-electron chi connectivity index (χ0n) is 15.9. The first-order chi connectivity index (χ1) is 12.3. The largest absolute Gasteiger partial charge is 0.426 e. The number of hydrogen-bond donors (Lipinski definition) is 2. The van der Waals surface area contributed by atoms with Crippen LogP contribution in [0.15, 0.2) is 24.3 Å². The van der Waals surface area contributed by atoms with Crippen LogP contribution >= 0.6 is 0 Å². The quantitative estimate of drug-likeness (QED) is 0.838. The third-order valence-corrected chi connectivity index (χ3v) is 5.27. The molecule has 150 valence electrons. The molecular formula is C19H25F3N2O3. The van der Waals surface area contributed by atoms with Crippen LogP contribution in [0.4, 0.5) is 18.9 Å². The van der Waals surface area contributed by atoms with E-state index in [9.17, 15) is 27.9 Å². The second-order valence-corrected chi connectivity index (χ2v) is 7.73. The van der Waals surface area contributed by atoms with Gasteiger partial charge in [0.2, 0.25) is 11.5 Å². The molecule has 2 rings (SSSR count). The Balaban J connectivity index is 2.23. The van der Waals surface area contributed by atoms with Crippen molar-refractivity contribution in [3.8, 4) is 0 Å². The van der Waals surface area contributed by atoms with Gasteiger partial charge in [-0.25, -0.2) is 0 Å². The van der Waals surface area contributed by atoms with E-state index < -0.39 is 29.1 Å². The van der Waals surface area contributed by atoms with Crippen molar-refractivity contribution < 1.29 is 27.9 Å². The summed E-state index contributed by atoms with van der Waals surface area (Å²) in [6, 6.07) is 7.14. The van der Waals surface area contributed by atoms with E-state index in [1.807, 2.05) is 19.1 Å². The Kier molecular flexibility index (Phi) is 5.61. The zero-order valence-corrected chi connectivity index (χ0v) is 15.9. The van der Waals surface area contributed by atoms with E-state index in [-0.39, 0.29) is 12.5 Å². The fourth-order valence-electron chi connectivity index (χ4n) is 3.35. The monoisotopic (exact) mass is 386 g/mol. The number of amides is 2. The number of likely N-dealkylation sites (tertiary alicyclic amines) is 1. The van der Waals surface area contributed by atoms with Crippen molar-refractivity contribution in [1.29, 1.82) is 0 Å². The van der Waals surface area contributed by atoms with E-state index in [1.54, 1.807) is 26.0 Å². The van der Waals surface area contributed by atoms with Crippen LogP contribution in [0.2, 0.25) is 0 Å². The lowest BCUT2D eigenvalue weighted by atomic mass is 9.77. The second kappa shape index (κ2) is 7.14. The number of aliphatic hydroxyl groups is 1. The average molecular weight is 386 g/mol. The smallest absolute Gasteiger partial charge is 0.373 e. The van der Waals surface area contributed by atoms with Crippen LogP contribution in [0.5, 0.6) is 0 Å². The Bertz CT molecular complexity index is 712. The minimum atomic E-state index is -5.10. The number of rotatable bonds is 3. The van der Waals surface area contributed by atoms with Crippen LogP contribution in [0.25, 0.3) is 0 Å². The Hall–Kier alpha value is -2.09. The van der Waals surface area contributed by atoms with Gasteiger partial charge in [0.05, 0.1) is 5.92 Å². The van der Waals surface area contributed by atoms with Gasteiger partial charge in [-0.1, -0.05) is 17.7 Å². The summed E-state index contributed by atoms with van der Waals surface area (Å²) in [5.74, 6) is -2.51. The van der Waals surface area contributed by atoms with Crippen LogP contribution in [-0.4, -0.2) is 45.7 Å². The third-order valence-electron chi connectivity index (χ3n) is 5.27. The number of nitrogens with one attached hydrogen (secondary N) is 1. The molecule has 1 aromatic rings. The van der Waals surface area contributed by atoms with Gasteiger partial charge in [-0.3, -0.25) is 9.59 Å². The number of alkyl halides is 3. The van der Waals surface area contributed by atoms with Crippen LogP contribution in [0, 0.1) is 12.8 Å². The molecule has 0 spiro atoms. The van der Waals surface area contributed by atoms with Gasteiger partial charge in [-0.15, -0.1) is 0 Å². The van der Waals surface area contributed by atoms with Crippen molar-refractivity contribution in [2.75, 3.05) is 11.9 Å². The molecular weight excluding hydrogens is 361 g/mol. The number of piperidine rings is 1. The lowest BCUT2D eigenvalue weighted by Crippen LogP contribution is -2.65. The second-order valence-electron chi connectivity index (χ2n) is 7.73. The van der Waals surface area contributed by atoms with Crippen LogP contribution in [0.1, 0.15) is 39.2 Å². The Morgan fingerprint density at radius 2 is 1.78 bits per heavy atom. The molecule has 1 aromatic carbocycles. The van der Waals surface area contributed by atoms with E-state index >= 15 is 0 Å². The van der Waals surface area contributed by atoms with Crippen molar-refractivity contribution in [2.45, 2.75) is 57.9 Å². The Morgan fingerprint density at radius 1 is 1.22 bits per heavy atom. The molecule has 1 aliphatic heterocycles. The van der Waals surface area contributed by atoms with Crippen LogP contribution in [0.3, 0.4) is 0 Å². The van der Waals surface area contributed by atoms with E-state index in [4.69, 9.17) is 0 Å². The minimum absolute atomic E-state index is 0.0480. The molecule has 1 saturated heterocycles. The number of nitrogens with zero attached hydrogens (tertiary/aromatic N) is 1. The van der Waals surface area contributed by atoms with Crippen LogP contribution < -0.4 is 5.32 Å². The van der Waals surface area contributed by atoms with E-state index in [2.05, 4.69) is 5.32 Å². The SMILES string of the molecule is Cc1ccc(NC(=O)C2CCCN(C(=O)C(C)(O)C(F)(F)F)C2(C)C)cc1. The third kappa shape index (κ3) is 4.10. The molecule has 1 aliphatic rings. The van der Waals surface area contributed by atoms with Gasteiger partial charge < -0.3 is 15.3 Å². The summed E-state index contributed by atoms with van der Waals surface area (Å²) in [6.07, 6.45) is -4.30. The molecule has 2 atom stereocenters. The molecule has 1 fully saturated rings. The summed E-state index contributed by atoms with van der Waals surface area (Å²) in [6.45, 7) is 5.51. The van der Waals surface area contributed by atoms with Crippen molar-refractivity contribution in [1.82, 2.24) is 4.90 Å². The highest BCUT2D eigenvalue weighted by Gasteiger charge is 2.59. The highest BCUT2D eigenvalue weighted by molar-refractivity contribution is 5.94. The van der Waals surface area contributed by atoms with Crippen molar-refractivity contribution in [3.05, 3.63) is 29.8 Å². The molecule has 0 aromatic heterocycles. The van der Waals surface area contributed by atoms with E-state index in [0.717, 1.165) is 10.5 Å². The first-order valence-corrected chi connectivity index (χ1v) is 8.77.